The van der Waals surface area contributed by atoms with Crippen molar-refractivity contribution in [3.8, 4) is 0 Å². The first-order valence-electron chi connectivity index (χ1n) is 6.56. The van der Waals surface area contributed by atoms with Crippen LogP contribution in [0, 0.1) is 5.41 Å². The van der Waals surface area contributed by atoms with Gasteiger partial charge in [0.1, 0.15) is 6.04 Å². The molecule has 19 heavy (non-hydrogen) atoms. The van der Waals surface area contributed by atoms with Crippen molar-refractivity contribution in [1.29, 1.82) is 0 Å². The van der Waals surface area contributed by atoms with Crippen molar-refractivity contribution < 1.29 is 19.5 Å². The molecule has 2 aliphatic rings. The number of nitrogens with zero attached hydrogens (tertiary/aromatic N) is 1. The molecule has 1 aliphatic heterocycles. The monoisotopic (exact) mass is 269 g/mol. The zero-order chi connectivity index (χ0) is 14.0. The summed E-state index contributed by atoms with van der Waals surface area (Å²) in [6.07, 6.45) is 1.74. The van der Waals surface area contributed by atoms with Gasteiger partial charge in [0.25, 0.3) is 0 Å². The zero-order valence-corrected chi connectivity index (χ0v) is 10.9. The van der Waals surface area contributed by atoms with Gasteiger partial charge in [0, 0.05) is 19.6 Å². The number of carbonyl (C=O) groups excluding carboxylic acids is 2. The molecule has 0 aromatic heterocycles. The van der Waals surface area contributed by atoms with Gasteiger partial charge in [-0.15, -0.1) is 0 Å². The molecule has 0 aromatic carbocycles. The SMILES string of the molecule is CCC1C(=O)NCCN1C(=O)NCC1(C(=O)O)CC1. The maximum atomic E-state index is 12.1. The van der Waals surface area contributed by atoms with E-state index in [1.807, 2.05) is 6.92 Å². The lowest BCUT2D eigenvalue weighted by Gasteiger charge is -2.34. The van der Waals surface area contributed by atoms with Gasteiger partial charge in [0.05, 0.1) is 5.41 Å². The van der Waals surface area contributed by atoms with Crippen molar-refractivity contribution in [1.82, 2.24) is 15.5 Å². The van der Waals surface area contributed by atoms with Crippen molar-refractivity contribution in [3.63, 3.8) is 0 Å². The number of carbonyl (C=O) groups is 3. The fourth-order valence-corrected chi connectivity index (χ4v) is 2.33. The van der Waals surface area contributed by atoms with Gasteiger partial charge in [0.15, 0.2) is 0 Å². The van der Waals surface area contributed by atoms with E-state index in [9.17, 15) is 14.4 Å². The van der Waals surface area contributed by atoms with Crippen LogP contribution in [0.4, 0.5) is 4.79 Å². The number of piperazine rings is 1. The van der Waals surface area contributed by atoms with Gasteiger partial charge >= 0.3 is 12.0 Å². The highest BCUT2D eigenvalue weighted by Crippen LogP contribution is 2.45. The molecule has 3 N–H and O–H groups in total. The molecule has 3 amide bonds. The summed E-state index contributed by atoms with van der Waals surface area (Å²) in [5.41, 5.74) is -0.782. The highest BCUT2D eigenvalue weighted by Gasteiger charge is 2.50. The van der Waals surface area contributed by atoms with Crippen LogP contribution < -0.4 is 10.6 Å². The Morgan fingerprint density at radius 2 is 2.21 bits per heavy atom. The minimum absolute atomic E-state index is 0.135. The molecular formula is C12H19N3O4. The topological polar surface area (TPSA) is 98.7 Å². The Bertz CT molecular complexity index is 406. The smallest absolute Gasteiger partial charge is 0.318 e. The first-order valence-corrected chi connectivity index (χ1v) is 6.56. The number of amides is 3. The molecule has 1 heterocycles. The summed E-state index contributed by atoms with van der Waals surface area (Å²) < 4.78 is 0. The van der Waals surface area contributed by atoms with Crippen molar-refractivity contribution in [2.75, 3.05) is 19.6 Å². The van der Waals surface area contributed by atoms with Crippen LogP contribution in [-0.2, 0) is 9.59 Å². The Balaban J connectivity index is 1.92. The highest BCUT2D eigenvalue weighted by atomic mass is 16.4. The molecule has 0 aromatic rings. The van der Waals surface area contributed by atoms with Crippen LogP contribution in [0.25, 0.3) is 0 Å². The second kappa shape index (κ2) is 5.07. The number of rotatable bonds is 4. The third kappa shape index (κ3) is 2.64. The first kappa shape index (κ1) is 13.6. The summed E-state index contributed by atoms with van der Waals surface area (Å²) in [6.45, 7) is 2.87. The molecule has 2 rings (SSSR count). The first-order chi connectivity index (χ1) is 9.00. The van der Waals surface area contributed by atoms with E-state index in [0.717, 1.165) is 0 Å². The van der Waals surface area contributed by atoms with Crippen molar-refractivity contribution in [2.24, 2.45) is 5.41 Å². The molecule has 7 heteroatoms. The van der Waals surface area contributed by atoms with Crippen LogP contribution in [0.1, 0.15) is 26.2 Å². The maximum Gasteiger partial charge on any atom is 0.318 e. The van der Waals surface area contributed by atoms with E-state index in [-0.39, 0.29) is 18.5 Å². The van der Waals surface area contributed by atoms with Crippen LogP contribution in [0.15, 0.2) is 0 Å². The average molecular weight is 269 g/mol. The van der Waals surface area contributed by atoms with Gasteiger partial charge in [-0.2, -0.15) is 0 Å². The summed E-state index contributed by atoms with van der Waals surface area (Å²) in [6, 6.07) is -0.817. The van der Waals surface area contributed by atoms with Crippen molar-refractivity contribution in [3.05, 3.63) is 0 Å². The number of carboxylic acids is 1. The molecule has 1 aliphatic carbocycles. The molecule has 106 valence electrons. The molecule has 0 radical (unpaired) electrons. The second-order valence-electron chi connectivity index (χ2n) is 5.15. The summed E-state index contributed by atoms with van der Waals surface area (Å²) >= 11 is 0. The van der Waals surface area contributed by atoms with Gasteiger partial charge in [-0.25, -0.2) is 4.79 Å². The van der Waals surface area contributed by atoms with Gasteiger partial charge in [-0.3, -0.25) is 9.59 Å². The number of aliphatic carboxylic acids is 1. The van der Waals surface area contributed by atoms with Crippen LogP contribution in [0.2, 0.25) is 0 Å². The fourth-order valence-electron chi connectivity index (χ4n) is 2.33. The van der Waals surface area contributed by atoms with Gasteiger partial charge in [0.2, 0.25) is 5.91 Å². The molecule has 1 saturated carbocycles. The standard InChI is InChI=1S/C12H19N3O4/c1-2-8-9(16)13-5-6-15(8)11(19)14-7-12(3-4-12)10(17)18/h8H,2-7H2,1H3,(H,13,16)(H,14,19)(H,17,18). The molecule has 0 bridgehead atoms. The normalized spacial score (nSPS) is 24.6. The Labute approximate surface area is 111 Å². The molecule has 2 fully saturated rings. The van der Waals surface area contributed by atoms with Crippen molar-refractivity contribution in [2.45, 2.75) is 32.2 Å². The molecule has 1 atom stereocenters. The summed E-state index contributed by atoms with van der Waals surface area (Å²) in [5.74, 6) is -1.01. The highest BCUT2D eigenvalue weighted by molar-refractivity contribution is 5.88. The van der Waals surface area contributed by atoms with Crippen LogP contribution >= 0.6 is 0 Å². The quantitative estimate of drug-likeness (QED) is 0.656. The number of urea groups is 1. The average Bonchev–Trinajstić information content (AvgIpc) is 3.17. The lowest BCUT2D eigenvalue weighted by molar-refractivity contribution is -0.143. The van der Waals surface area contributed by atoms with Crippen LogP contribution in [0.3, 0.4) is 0 Å². The van der Waals surface area contributed by atoms with Crippen LogP contribution in [0.5, 0.6) is 0 Å². The number of hydrogen-bond donors (Lipinski definition) is 3. The van der Waals surface area contributed by atoms with Gasteiger partial charge in [-0.1, -0.05) is 6.92 Å². The fraction of sp³-hybridized carbons (Fsp3) is 0.750. The molecule has 7 nitrogen and oxygen atoms in total. The largest absolute Gasteiger partial charge is 0.481 e. The summed E-state index contributed by atoms with van der Waals surface area (Å²) in [5, 5.41) is 14.4. The Morgan fingerprint density at radius 1 is 1.53 bits per heavy atom. The molecular weight excluding hydrogens is 250 g/mol. The Hall–Kier alpha value is -1.79. The minimum Gasteiger partial charge on any atom is -0.481 e. The second-order valence-corrected chi connectivity index (χ2v) is 5.15. The molecule has 0 spiro atoms. The van der Waals surface area contributed by atoms with E-state index in [0.29, 0.717) is 32.4 Å². The maximum absolute atomic E-state index is 12.1. The van der Waals surface area contributed by atoms with Crippen LogP contribution in [-0.4, -0.2) is 53.6 Å². The van der Waals surface area contributed by atoms with Crippen molar-refractivity contribution >= 4 is 17.9 Å². The minimum atomic E-state index is -0.865. The Morgan fingerprint density at radius 3 is 2.74 bits per heavy atom. The van der Waals surface area contributed by atoms with E-state index in [4.69, 9.17) is 5.11 Å². The summed E-state index contributed by atoms with van der Waals surface area (Å²) in [4.78, 5) is 36.2. The van der Waals surface area contributed by atoms with Gasteiger partial charge in [-0.05, 0) is 19.3 Å². The lowest BCUT2D eigenvalue weighted by Crippen LogP contribution is -2.59. The third-order valence-electron chi connectivity index (χ3n) is 3.86. The van der Waals surface area contributed by atoms with E-state index >= 15 is 0 Å². The zero-order valence-electron chi connectivity index (χ0n) is 10.9. The molecule has 1 unspecified atom stereocenters. The predicted molar refractivity (Wildman–Crippen MR) is 66.5 cm³/mol. The predicted octanol–water partition coefficient (Wildman–Crippen LogP) is -0.229. The van der Waals surface area contributed by atoms with E-state index in [1.54, 1.807) is 0 Å². The van der Waals surface area contributed by atoms with Gasteiger partial charge < -0.3 is 20.6 Å². The number of nitrogens with one attached hydrogen (secondary N) is 2. The molecule has 1 saturated heterocycles. The Kier molecular flexibility index (Phi) is 3.64. The van der Waals surface area contributed by atoms with E-state index < -0.39 is 17.4 Å². The van der Waals surface area contributed by atoms with E-state index in [2.05, 4.69) is 10.6 Å². The summed E-state index contributed by atoms with van der Waals surface area (Å²) in [7, 11) is 0. The van der Waals surface area contributed by atoms with E-state index in [1.165, 1.54) is 4.90 Å². The third-order valence-corrected chi connectivity index (χ3v) is 3.86. The number of carboxylic acid groups (broad SMARTS) is 1. The number of hydrogen-bond acceptors (Lipinski definition) is 3. The lowest BCUT2D eigenvalue weighted by atomic mass is 10.1.